The first kappa shape index (κ1) is 16.0. The molecule has 3 aromatic rings. The maximum atomic E-state index is 5.34. The van der Waals surface area contributed by atoms with Crippen molar-refractivity contribution in [2.24, 2.45) is 7.05 Å². The maximum Gasteiger partial charge on any atom is 0.163 e. The molecule has 0 unspecified atom stereocenters. The van der Waals surface area contributed by atoms with Gasteiger partial charge in [0.15, 0.2) is 17.1 Å². The van der Waals surface area contributed by atoms with Gasteiger partial charge in [0.25, 0.3) is 0 Å². The lowest BCUT2D eigenvalue weighted by Crippen LogP contribution is -2.07. The summed E-state index contributed by atoms with van der Waals surface area (Å²) < 4.78 is 12.4. The van der Waals surface area contributed by atoms with Crippen LogP contribution in [0.15, 0.2) is 24.5 Å². The predicted octanol–water partition coefficient (Wildman–Crippen LogP) is 2.34. The van der Waals surface area contributed by atoms with Crippen LogP contribution in [0.1, 0.15) is 11.3 Å². The van der Waals surface area contributed by atoms with Gasteiger partial charge in [0.05, 0.1) is 25.3 Å². The molecule has 7 nitrogen and oxygen atoms in total. The number of hydrogen-bond acceptors (Lipinski definition) is 6. The van der Waals surface area contributed by atoms with Crippen molar-refractivity contribution in [2.75, 3.05) is 26.1 Å². The third-order valence-corrected chi connectivity index (χ3v) is 3.95. The SMILES string of the molecule is COc1ccc(CCNc2ncnc3c2c(C)nn3C)cc1OC. The first-order valence-corrected chi connectivity index (χ1v) is 7.73. The summed E-state index contributed by atoms with van der Waals surface area (Å²) in [5, 5.41) is 8.75. The molecule has 2 aromatic heterocycles. The Morgan fingerprint density at radius 2 is 1.92 bits per heavy atom. The third kappa shape index (κ3) is 2.97. The van der Waals surface area contributed by atoms with E-state index in [-0.39, 0.29) is 0 Å². The highest BCUT2D eigenvalue weighted by Crippen LogP contribution is 2.28. The van der Waals surface area contributed by atoms with Crippen LogP contribution >= 0.6 is 0 Å². The number of hydrogen-bond donors (Lipinski definition) is 1. The van der Waals surface area contributed by atoms with Crippen molar-refractivity contribution in [2.45, 2.75) is 13.3 Å². The van der Waals surface area contributed by atoms with Gasteiger partial charge in [-0.2, -0.15) is 5.10 Å². The molecule has 0 radical (unpaired) electrons. The number of rotatable bonds is 6. The van der Waals surface area contributed by atoms with E-state index in [9.17, 15) is 0 Å². The average molecular weight is 327 g/mol. The quantitative estimate of drug-likeness (QED) is 0.749. The van der Waals surface area contributed by atoms with Crippen molar-refractivity contribution in [1.29, 1.82) is 0 Å². The summed E-state index contributed by atoms with van der Waals surface area (Å²) in [5.74, 6) is 2.28. The first-order valence-electron chi connectivity index (χ1n) is 7.73. The van der Waals surface area contributed by atoms with Gasteiger partial charge in [-0.1, -0.05) is 6.07 Å². The number of aryl methyl sites for hydroxylation is 2. The second-order valence-electron chi connectivity index (χ2n) is 5.50. The normalized spacial score (nSPS) is 10.8. The van der Waals surface area contributed by atoms with Crippen LogP contribution in [0.2, 0.25) is 0 Å². The molecule has 2 heterocycles. The van der Waals surface area contributed by atoms with Gasteiger partial charge in [-0.15, -0.1) is 0 Å². The number of nitrogens with one attached hydrogen (secondary N) is 1. The zero-order chi connectivity index (χ0) is 17.1. The van der Waals surface area contributed by atoms with Crippen LogP contribution in [0.4, 0.5) is 5.82 Å². The lowest BCUT2D eigenvalue weighted by Gasteiger charge is -2.10. The Morgan fingerprint density at radius 3 is 2.67 bits per heavy atom. The number of fused-ring (bicyclic) bond motifs is 1. The summed E-state index contributed by atoms with van der Waals surface area (Å²) in [6.07, 6.45) is 2.40. The van der Waals surface area contributed by atoms with E-state index in [4.69, 9.17) is 9.47 Å². The Labute approximate surface area is 140 Å². The Balaban J connectivity index is 1.73. The molecule has 0 aliphatic rings. The minimum absolute atomic E-state index is 0.734. The van der Waals surface area contributed by atoms with E-state index in [1.54, 1.807) is 25.2 Å². The van der Waals surface area contributed by atoms with Gasteiger partial charge in [-0.05, 0) is 31.0 Å². The molecule has 1 aromatic carbocycles. The first-order chi connectivity index (χ1) is 11.6. The molecule has 0 saturated heterocycles. The monoisotopic (exact) mass is 327 g/mol. The molecule has 0 atom stereocenters. The number of anilines is 1. The van der Waals surface area contributed by atoms with Gasteiger partial charge in [0.1, 0.15) is 12.1 Å². The highest BCUT2D eigenvalue weighted by atomic mass is 16.5. The molecule has 0 saturated carbocycles. The zero-order valence-electron chi connectivity index (χ0n) is 14.3. The van der Waals surface area contributed by atoms with Crippen molar-refractivity contribution in [1.82, 2.24) is 19.7 Å². The Kier molecular flexibility index (Phi) is 4.50. The van der Waals surface area contributed by atoms with Crippen LogP contribution in [0.3, 0.4) is 0 Å². The van der Waals surface area contributed by atoms with E-state index in [0.29, 0.717) is 0 Å². The summed E-state index contributed by atoms with van der Waals surface area (Å²) >= 11 is 0. The summed E-state index contributed by atoms with van der Waals surface area (Å²) in [5.41, 5.74) is 2.91. The van der Waals surface area contributed by atoms with Gasteiger partial charge in [0.2, 0.25) is 0 Å². The van der Waals surface area contributed by atoms with Gasteiger partial charge in [-0.25, -0.2) is 9.97 Å². The standard InChI is InChI=1S/C17H21N5O2/c1-11-15-16(19-10-20-17(15)22(2)21-11)18-8-7-12-5-6-13(23-3)14(9-12)24-4/h5-6,9-10H,7-8H2,1-4H3,(H,18,19,20). The van der Waals surface area contributed by atoms with Crippen LogP contribution in [0.5, 0.6) is 11.5 Å². The van der Waals surface area contributed by atoms with Crippen LogP contribution in [-0.2, 0) is 13.5 Å². The van der Waals surface area contributed by atoms with Crippen molar-refractivity contribution >= 4 is 16.9 Å². The second kappa shape index (κ2) is 6.74. The fourth-order valence-corrected chi connectivity index (χ4v) is 2.77. The number of methoxy groups -OCH3 is 2. The molecule has 126 valence electrons. The van der Waals surface area contributed by atoms with Crippen LogP contribution in [0.25, 0.3) is 11.0 Å². The molecule has 0 aliphatic heterocycles. The molecule has 24 heavy (non-hydrogen) atoms. The lowest BCUT2D eigenvalue weighted by molar-refractivity contribution is 0.354. The summed E-state index contributed by atoms with van der Waals surface area (Å²) in [6.45, 7) is 2.71. The number of nitrogens with zero attached hydrogens (tertiary/aromatic N) is 4. The summed E-state index contributed by atoms with van der Waals surface area (Å²) in [6, 6.07) is 5.95. The Bertz CT molecular complexity index is 860. The summed E-state index contributed by atoms with van der Waals surface area (Å²) in [7, 11) is 5.16. The lowest BCUT2D eigenvalue weighted by atomic mass is 10.1. The maximum absolute atomic E-state index is 5.34. The zero-order valence-corrected chi connectivity index (χ0v) is 14.3. The van der Waals surface area contributed by atoms with E-state index in [0.717, 1.165) is 52.6 Å². The third-order valence-electron chi connectivity index (χ3n) is 3.95. The number of benzene rings is 1. The van der Waals surface area contributed by atoms with E-state index in [1.807, 2.05) is 32.2 Å². The molecular formula is C17H21N5O2. The minimum atomic E-state index is 0.734. The smallest absolute Gasteiger partial charge is 0.163 e. The average Bonchev–Trinajstić information content (AvgIpc) is 2.90. The van der Waals surface area contributed by atoms with E-state index in [2.05, 4.69) is 20.4 Å². The topological polar surface area (TPSA) is 74.1 Å². The van der Waals surface area contributed by atoms with Crippen molar-refractivity contribution in [3.05, 3.63) is 35.8 Å². The second-order valence-corrected chi connectivity index (χ2v) is 5.50. The fourth-order valence-electron chi connectivity index (χ4n) is 2.77. The number of ether oxygens (including phenoxy) is 2. The van der Waals surface area contributed by atoms with E-state index < -0.39 is 0 Å². The molecule has 0 spiro atoms. The van der Waals surface area contributed by atoms with Gasteiger partial charge in [0, 0.05) is 13.6 Å². The molecule has 0 fully saturated rings. The Morgan fingerprint density at radius 1 is 1.12 bits per heavy atom. The Hall–Kier alpha value is -2.83. The van der Waals surface area contributed by atoms with Gasteiger partial charge < -0.3 is 14.8 Å². The predicted molar refractivity (Wildman–Crippen MR) is 92.8 cm³/mol. The van der Waals surface area contributed by atoms with Crippen molar-refractivity contribution in [3.63, 3.8) is 0 Å². The number of aromatic nitrogens is 4. The minimum Gasteiger partial charge on any atom is -0.493 e. The van der Waals surface area contributed by atoms with Crippen LogP contribution in [-0.4, -0.2) is 40.5 Å². The van der Waals surface area contributed by atoms with Crippen molar-refractivity contribution < 1.29 is 9.47 Å². The van der Waals surface area contributed by atoms with E-state index >= 15 is 0 Å². The molecule has 3 rings (SSSR count). The largest absolute Gasteiger partial charge is 0.493 e. The highest BCUT2D eigenvalue weighted by molar-refractivity contribution is 5.89. The molecule has 0 bridgehead atoms. The van der Waals surface area contributed by atoms with E-state index in [1.165, 1.54) is 0 Å². The van der Waals surface area contributed by atoms with Crippen LogP contribution < -0.4 is 14.8 Å². The van der Waals surface area contributed by atoms with Gasteiger partial charge >= 0.3 is 0 Å². The van der Waals surface area contributed by atoms with Crippen LogP contribution in [0, 0.1) is 6.92 Å². The highest BCUT2D eigenvalue weighted by Gasteiger charge is 2.12. The molecular weight excluding hydrogens is 306 g/mol. The fraction of sp³-hybridized carbons (Fsp3) is 0.353. The molecule has 1 N–H and O–H groups in total. The molecule has 0 amide bonds. The van der Waals surface area contributed by atoms with Gasteiger partial charge in [-0.3, -0.25) is 4.68 Å². The van der Waals surface area contributed by atoms with Crippen molar-refractivity contribution in [3.8, 4) is 11.5 Å². The molecule has 7 heteroatoms. The molecule has 0 aliphatic carbocycles. The summed E-state index contributed by atoms with van der Waals surface area (Å²) in [4.78, 5) is 8.64.